The van der Waals surface area contributed by atoms with Gasteiger partial charge in [-0.25, -0.2) is 4.79 Å². The molecule has 0 aliphatic heterocycles. The van der Waals surface area contributed by atoms with Gasteiger partial charge < -0.3 is 32.9 Å². The van der Waals surface area contributed by atoms with E-state index in [1.54, 1.807) is 0 Å². The van der Waals surface area contributed by atoms with Gasteiger partial charge in [-0.15, -0.1) is 0 Å². The van der Waals surface area contributed by atoms with Crippen LogP contribution in [0.4, 0.5) is 0 Å². The highest BCUT2D eigenvalue weighted by Gasteiger charge is 2.27. The molecule has 0 saturated heterocycles. The van der Waals surface area contributed by atoms with E-state index in [2.05, 4.69) is 10.6 Å². The van der Waals surface area contributed by atoms with Crippen molar-refractivity contribution >= 4 is 17.8 Å². The van der Waals surface area contributed by atoms with Crippen LogP contribution in [0.2, 0.25) is 0 Å². The first-order chi connectivity index (χ1) is 14.9. The lowest BCUT2D eigenvalue weighted by atomic mass is 10.0. The monoisotopic (exact) mass is 435 g/mol. The van der Waals surface area contributed by atoms with E-state index in [4.69, 9.17) is 17.2 Å². The largest absolute Gasteiger partial charge is 0.480 e. The summed E-state index contributed by atoms with van der Waals surface area (Å²) >= 11 is 0. The molecule has 1 rings (SSSR count). The minimum Gasteiger partial charge on any atom is -0.480 e. The van der Waals surface area contributed by atoms with Crippen LogP contribution >= 0.6 is 0 Å². The Balaban J connectivity index is 2.80. The Labute approximate surface area is 184 Å². The maximum absolute atomic E-state index is 12.9. The van der Waals surface area contributed by atoms with Crippen molar-refractivity contribution in [1.82, 2.24) is 10.6 Å². The summed E-state index contributed by atoms with van der Waals surface area (Å²) in [4.78, 5) is 36.9. The van der Waals surface area contributed by atoms with E-state index in [1.807, 2.05) is 30.3 Å². The molecule has 0 aliphatic carbocycles. The fourth-order valence-electron chi connectivity index (χ4n) is 3.17. The number of unbranched alkanes of at least 4 members (excludes halogenated alkanes) is 2. The Morgan fingerprint density at radius 2 is 1.39 bits per heavy atom. The van der Waals surface area contributed by atoms with Crippen LogP contribution < -0.4 is 27.8 Å². The van der Waals surface area contributed by atoms with Crippen molar-refractivity contribution in [2.75, 3.05) is 13.1 Å². The number of aryl methyl sites for hydroxylation is 1. The standard InChI is InChI=1S/C22H37N5O4/c23-14-6-4-10-17(25)20(28)26-18(13-12-16-8-2-1-3-9-16)21(29)27-19(22(30)31)11-5-7-15-24/h1-3,8-9,17-19H,4-7,10-15,23-25H2,(H,26,28)(H,27,29)(H,30,31)/t17-,18-,19-/m0/s1. The van der Waals surface area contributed by atoms with Crippen molar-refractivity contribution in [3.8, 4) is 0 Å². The highest BCUT2D eigenvalue weighted by molar-refractivity contribution is 5.91. The van der Waals surface area contributed by atoms with Gasteiger partial charge in [-0.1, -0.05) is 36.8 Å². The number of benzene rings is 1. The van der Waals surface area contributed by atoms with E-state index in [1.165, 1.54) is 0 Å². The van der Waals surface area contributed by atoms with Gasteiger partial charge in [0.1, 0.15) is 12.1 Å². The Morgan fingerprint density at radius 3 is 1.97 bits per heavy atom. The molecule has 3 atom stereocenters. The molecule has 0 aromatic heterocycles. The number of nitrogens with one attached hydrogen (secondary N) is 2. The van der Waals surface area contributed by atoms with Crippen molar-refractivity contribution in [3.05, 3.63) is 35.9 Å². The number of amides is 2. The first-order valence-corrected chi connectivity index (χ1v) is 10.9. The van der Waals surface area contributed by atoms with Crippen LogP contribution in [0.15, 0.2) is 30.3 Å². The molecule has 31 heavy (non-hydrogen) atoms. The second-order valence-electron chi connectivity index (χ2n) is 7.66. The van der Waals surface area contributed by atoms with Crippen molar-refractivity contribution in [2.24, 2.45) is 17.2 Å². The highest BCUT2D eigenvalue weighted by atomic mass is 16.4. The van der Waals surface area contributed by atoms with Gasteiger partial charge in [-0.2, -0.15) is 0 Å². The Kier molecular flexibility index (Phi) is 13.1. The molecule has 0 aliphatic rings. The molecule has 0 saturated carbocycles. The second kappa shape index (κ2) is 15.3. The predicted molar refractivity (Wildman–Crippen MR) is 120 cm³/mol. The van der Waals surface area contributed by atoms with Crippen LogP contribution in [-0.2, 0) is 20.8 Å². The van der Waals surface area contributed by atoms with Crippen molar-refractivity contribution in [3.63, 3.8) is 0 Å². The van der Waals surface area contributed by atoms with Gasteiger partial charge in [0.25, 0.3) is 0 Å². The fourth-order valence-corrected chi connectivity index (χ4v) is 3.17. The number of carboxylic acid groups (broad SMARTS) is 1. The summed E-state index contributed by atoms with van der Waals surface area (Å²) in [6.45, 7) is 0.981. The minimum absolute atomic E-state index is 0.274. The number of carboxylic acids is 1. The van der Waals surface area contributed by atoms with Crippen molar-refractivity contribution in [2.45, 2.75) is 69.5 Å². The lowest BCUT2D eigenvalue weighted by Gasteiger charge is -2.23. The van der Waals surface area contributed by atoms with Crippen molar-refractivity contribution in [1.29, 1.82) is 0 Å². The van der Waals surface area contributed by atoms with E-state index < -0.39 is 35.9 Å². The molecule has 9 heteroatoms. The average Bonchev–Trinajstić information content (AvgIpc) is 2.76. The molecule has 9 N–H and O–H groups in total. The van der Waals surface area contributed by atoms with E-state index in [9.17, 15) is 19.5 Å². The Morgan fingerprint density at radius 1 is 0.806 bits per heavy atom. The first kappa shape index (κ1) is 26.5. The summed E-state index contributed by atoms with van der Waals surface area (Å²) in [6, 6.07) is 6.89. The van der Waals surface area contributed by atoms with Gasteiger partial charge in [0, 0.05) is 0 Å². The summed E-state index contributed by atoms with van der Waals surface area (Å²) in [6.07, 6.45) is 4.35. The van der Waals surface area contributed by atoms with E-state index in [-0.39, 0.29) is 6.42 Å². The first-order valence-electron chi connectivity index (χ1n) is 10.9. The molecular formula is C22H37N5O4. The van der Waals surface area contributed by atoms with Gasteiger partial charge in [0.15, 0.2) is 0 Å². The van der Waals surface area contributed by atoms with Crippen LogP contribution in [0.25, 0.3) is 0 Å². The number of nitrogens with two attached hydrogens (primary N) is 3. The lowest BCUT2D eigenvalue weighted by Crippen LogP contribution is -2.54. The van der Waals surface area contributed by atoms with Crippen LogP contribution in [0.5, 0.6) is 0 Å². The molecule has 0 fully saturated rings. The van der Waals surface area contributed by atoms with Crippen LogP contribution in [0, 0.1) is 0 Å². The molecule has 174 valence electrons. The highest BCUT2D eigenvalue weighted by Crippen LogP contribution is 2.08. The van der Waals surface area contributed by atoms with Crippen LogP contribution in [0.3, 0.4) is 0 Å². The normalized spacial score (nSPS) is 13.8. The van der Waals surface area contributed by atoms with E-state index in [0.29, 0.717) is 51.6 Å². The smallest absolute Gasteiger partial charge is 0.326 e. The third-order valence-corrected chi connectivity index (χ3v) is 5.07. The molecule has 0 spiro atoms. The zero-order chi connectivity index (χ0) is 23.1. The fraction of sp³-hybridized carbons (Fsp3) is 0.591. The third kappa shape index (κ3) is 10.9. The minimum atomic E-state index is -1.11. The topological polar surface area (TPSA) is 174 Å². The summed E-state index contributed by atoms with van der Waals surface area (Å²) in [7, 11) is 0. The van der Waals surface area contributed by atoms with Crippen LogP contribution in [0.1, 0.15) is 50.5 Å². The summed E-state index contributed by atoms with van der Waals surface area (Å²) < 4.78 is 0. The molecular weight excluding hydrogens is 398 g/mol. The maximum Gasteiger partial charge on any atom is 0.326 e. The van der Waals surface area contributed by atoms with Gasteiger partial charge >= 0.3 is 5.97 Å². The quantitative estimate of drug-likeness (QED) is 0.202. The molecule has 2 amide bonds. The molecule has 9 nitrogen and oxygen atoms in total. The van der Waals surface area contributed by atoms with Gasteiger partial charge in [0.2, 0.25) is 11.8 Å². The number of hydrogen-bond acceptors (Lipinski definition) is 6. The second-order valence-corrected chi connectivity index (χ2v) is 7.66. The average molecular weight is 436 g/mol. The predicted octanol–water partition coefficient (Wildman–Crippen LogP) is 0.259. The van der Waals surface area contributed by atoms with Crippen LogP contribution in [-0.4, -0.2) is 54.1 Å². The zero-order valence-corrected chi connectivity index (χ0v) is 18.1. The molecule has 0 bridgehead atoms. The number of hydrogen-bond donors (Lipinski definition) is 6. The molecule has 0 unspecified atom stereocenters. The summed E-state index contributed by atoms with van der Waals surface area (Å²) in [5, 5.41) is 14.7. The number of carbonyl (C=O) groups is 3. The SMILES string of the molecule is NCCCC[C@H](NC(=O)[C@H](CCc1ccccc1)NC(=O)[C@@H](N)CCCCN)C(=O)O. The number of aliphatic carboxylic acids is 1. The Hall–Kier alpha value is -2.49. The maximum atomic E-state index is 12.9. The lowest BCUT2D eigenvalue weighted by molar-refractivity contribution is -0.142. The van der Waals surface area contributed by atoms with E-state index >= 15 is 0 Å². The molecule has 1 aromatic rings. The molecule has 0 radical (unpaired) electrons. The third-order valence-electron chi connectivity index (χ3n) is 5.07. The summed E-state index contributed by atoms with van der Waals surface area (Å²) in [5.74, 6) is -2.07. The molecule has 0 heterocycles. The molecule has 1 aromatic carbocycles. The number of rotatable bonds is 16. The van der Waals surface area contributed by atoms with Gasteiger partial charge in [-0.05, 0) is 63.6 Å². The zero-order valence-electron chi connectivity index (χ0n) is 18.1. The number of carbonyl (C=O) groups excluding carboxylic acids is 2. The Bertz CT molecular complexity index is 671. The summed E-state index contributed by atoms with van der Waals surface area (Å²) in [5.41, 5.74) is 17.9. The van der Waals surface area contributed by atoms with Gasteiger partial charge in [-0.3, -0.25) is 9.59 Å². The van der Waals surface area contributed by atoms with E-state index in [0.717, 1.165) is 12.0 Å². The van der Waals surface area contributed by atoms with Gasteiger partial charge in [0.05, 0.1) is 6.04 Å². The van der Waals surface area contributed by atoms with Crippen molar-refractivity contribution < 1.29 is 19.5 Å².